The number of anilines is 1. The normalized spacial score (nSPS) is 17.8. The lowest BCUT2D eigenvalue weighted by molar-refractivity contribution is -0.132. The van der Waals surface area contributed by atoms with Crippen molar-refractivity contribution in [2.75, 3.05) is 50.8 Å². The van der Waals surface area contributed by atoms with Gasteiger partial charge in [0.15, 0.2) is 0 Å². The molecule has 0 radical (unpaired) electrons. The van der Waals surface area contributed by atoms with Crippen LogP contribution in [-0.2, 0) is 11.3 Å². The zero-order valence-electron chi connectivity index (χ0n) is 15.8. The van der Waals surface area contributed by atoms with Crippen LogP contribution >= 0.6 is 0 Å². The van der Waals surface area contributed by atoms with Gasteiger partial charge in [0.2, 0.25) is 5.91 Å². The first-order chi connectivity index (χ1) is 13.2. The number of amides is 1. The Bertz CT molecular complexity index is 802. The number of rotatable bonds is 3. The molecule has 0 aliphatic carbocycles. The Morgan fingerprint density at radius 1 is 1.11 bits per heavy atom. The molecule has 0 atom stereocenters. The van der Waals surface area contributed by atoms with Gasteiger partial charge in [0.25, 0.3) is 0 Å². The fourth-order valence-electron chi connectivity index (χ4n) is 3.82. The van der Waals surface area contributed by atoms with E-state index in [1.54, 1.807) is 0 Å². The number of carbonyl (C=O) groups excluding carboxylic acids is 1. The van der Waals surface area contributed by atoms with Crippen LogP contribution in [0.2, 0.25) is 0 Å². The number of benzene rings is 1. The second-order valence-electron chi connectivity index (χ2n) is 7.20. The van der Waals surface area contributed by atoms with Gasteiger partial charge in [0.1, 0.15) is 12.4 Å². The lowest BCUT2D eigenvalue weighted by atomic mass is 10.2. The number of aryl methyl sites for hydroxylation is 1. The smallest absolute Gasteiger partial charge is 0.236 e. The molecule has 6 nitrogen and oxygen atoms in total. The van der Waals surface area contributed by atoms with Crippen LogP contribution in [0.1, 0.15) is 11.1 Å². The fraction of sp³-hybridized carbons (Fsp3) is 0.429. The highest BCUT2D eigenvalue weighted by molar-refractivity contribution is 5.78. The number of carbonyl (C=O) groups is 1. The number of para-hydroxylation sites is 1. The first-order valence-corrected chi connectivity index (χ1v) is 9.57. The molecule has 1 saturated heterocycles. The molecule has 1 aromatic heterocycles. The van der Waals surface area contributed by atoms with Gasteiger partial charge < -0.3 is 14.5 Å². The van der Waals surface area contributed by atoms with Crippen LogP contribution in [-0.4, -0.2) is 66.6 Å². The van der Waals surface area contributed by atoms with E-state index in [4.69, 9.17) is 4.74 Å². The van der Waals surface area contributed by atoms with E-state index in [1.165, 1.54) is 11.3 Å². The van der Waals surface area contributed by atoms with E-state index in [0.29, 0.717) is 13.2 Å². The third kappa shape index (κ3) is 4.06. The van der Waals surface area contributed by atoms with Crippen molar-refractivity contribution in [1.29, 1.82) is 0 Å². The number of ether oxygens (including phenoxy) is 1. The molecule has 1 amide bonds. The second kappa shape index (κ2) is 7.96. The molecule has 0 bridgehead atoms. The first kappa shape index (κ1) is 17.8. The van der Waals surface area contributed by atoms with E-state index in [9.17, 15) is 4.79 Å². The summed E-state index contributed by atoms with van der Waals surface area (Å²) in [6.45, 7) is 7.95. The zero-order valence-corrected chi connectivity index (χ0v) is 15.8. The number of fused-ring (bicyclic) bond motifs is 1. The number of hydrogen-bond acceptors (Lipinski definition) is 5. The molecule has 0 saturated carbocycles. The Kier molecular flexibility index (Phi) is 5.25. The van der Waals surface area contributed by atoms with Crippen molar-refractivity contribution >= 4 is 11.6 Å². The number of pyridine rings is 1. The molecule has 2 aliphatic heterocycles. The summed E-state index contributed by atoms with van der Waals surface area (Å²) in [5, 5.41) is 0. The minimum absolute atomic E-state index is 0.209. The molecule has 2 aromatic rings. The highest BCUT2D eigenvalue weighted by atomic mass is 16.5. The van der Waals surface area contributed by atoms with Crippen LogP contribution in [0.3, 0.4) is 0 Å². The quantitative estimate of drug-likeness (QED) is 0.831. The molecule has 1 aromatic carbocycles. The molecule has 3 heterocycles. The van der Waals surface area contributed by atoms with Gasteiger partial charge in [0, 0.05) is 62.9 Å². The summed E-state index contributed by atoms with van der Waals surface area (Å²) in [6.07, 6.45) is 3.73. The average Bonchev–Trinajstić information content (AvgIpc) is 2.90. The maximum atomic E-state index is 12.8. The predicted molar refractivity (Wildman–Crippen MR) is 105 cm³/mol. The molecule has 27 heavy (non-hydrogen) atoms. The van der Waals surface area contributed by atoms with Crippen molar-refractivity contribution in [3.8, 4) is 5.75 Å². The van der Waals surface area contributed by atoms with Crippen molar-refractivity contribution in [2.45, 2.75) is 13.5 Å². The molecule has 6 heteroatoms. The van der Waals surface area contributed by atoms with Crippen LogP contribution in [0.4, 0.5) is 5.69 Å². The van der Waals surface area contributed by atoms with E-state index in [0.717, 1.165) is 50.6 Å². The molecule has 142 valence electrons. The predicted octanol–water partition coefficient (Wildman–Crippen LogP) is 1.93. The van der Waals surface area contributed by atoms with Gasteiger partial charge in [-0.3, -0.25) is 14.7 Å². The van der Waals surface area contributed by atoms with Crippen molar-refractivity contribution in [1.82, 2.24) is 14.8 Å². The Hall–Kier alpha value is -2.60. The first-order valence-electron chi connectivity index (χ1n) is 9.57. The summed E-state index contributed by atoms with van der Waals surface area (Å²) in [6, 6.07) is 10.1. The van der Waals surface area contributed by atoms with Gasteiger partial charge in [-0.15, -0.1) is 0 Å². The fourth-order valence-corrected chi connectivity index (χ4v) is 3.82. The molecule has 1 fully saturated rings. The Labute approximate surface area is 160 Å². The van der Waals surface area contributed by atoms with Crippen LogP contribution in [0.25, 0.3) is 0 Å². The van der Waals surface area contributed by atoms with Crippen LogP contribution in [0, 0.1) is 6.92 Å². The Morgan fingerprint density at radius 2 is 1.93 bits per heavy atom. The number of aromatic nitrogens is 1. The maximum absolute atomic E-state index is 12.8. The zero-order chi connectivity index (χ0) is 18.6. The molecule has 2 aliphatic rings. The summed E-state index contributed by atoms with van der Waals surface area (Å²) >= 11 is 0. The molecule has 0 N–H and O–H groups in total. The average molecular weight is 366 g/mol. The summed E-state index contributed by atoms with van der Waals surface area (Å²) in [7, 11) is 0. The van der Waals surface area contributed by atoms with Gasteiger partial charge in [-0.1, -0.05) is 18.2 Å². The number of hydrogen-bond donors (Lipinski definition) is 0. The van der Waals surface area contributed by atoms with Gasteiger partial charge in [-0.2, -0.15) is 0 Å². The van der Waals surface area contributed by atoms with E-state index < -0.39 is 0 Å². The van der Waals surface area contributed by atoms with Crippen molar-refractivity contribution in [3.05, 3.63) is 53.9 Å². The summed E-state index contributed by atoms with van der Waals surface area (Å²) in [5.74, 6) is 1.15. The summed E-state index contributed by atoms with van der Waals surface area (Å²) in [5.41, 5.74) is 3.56. The monoisotopic (exact) mass is 366 g/mol. The largest absolute Gasteiger partial charge is 0.492 e. The third-order valence-corrected chi connectivity index (χ3v) is 5.35. The summed E-state index contributed by atoms with van der Waals surface area (Å²) < 4.78 is 5.80. The SMILES string of the molecule is Cc1cnccc1N1CCN(C(=O)CN2CCOc3ccccc3C2)CC1. The van der Waals surface area contributed by atoms with E-state index in [-0.39, 0.29) is 5.91 Å². The minimum atomic E-state index is 0.209. The molecule has 0 unspecified atom stereocenters. The van der Waals surface area contributed by atoms with E-state index >= 15 is 0 Å². The van der Waals surface area contributed by atoms with Gasteiger partial charge in [-0.05, 0) is 24.6 Å². The molecule has 4 rings (SSSR count). The van der Waals surface area contributed by atoms with E-state index in [1.807, 2.05) is 35.5 Å². The van der Waals surface area contributed by atoms with Crippen molar-refractivity contribution < 1.29 is 9.53 Å². The van der Waals surface area contributed by atoms with E-state index in [2.05, 4.69) is 33.8 Å². The van der Waals surface area contributed by atoms with Crippen LogP contribution in [0.5, 0.6) is 5.75 Å². The Morgan fingerprint density at radius 3 is 2.74 bits per heavy atom. The van der Waals surface area contributed by atoms with Gasteiger partial charge >= 0.3 is 0 Å². The van der Waals surface area contributed by atoms with Crippen molar-refractivity contribution in [2.24, 2.45) is 0 Å². The standard InChI is InChI=1S/C21H26N4O2/c1-17-14-22-7-6-19(17)24-8-10-25(11-9-24)21(26)16-23-12-13-27-20-5-3-2-4-18(20)15-23/h2-7,14H,8-13,15-16H2,1H3. The highest BCUT2D eigenvalue weighted by Crippen LogP contribution is 2.23. The third-order valence-electron chi connectivity index (χ3n) is 5.35. The number of piperazine rings is 1. The minimum Gasteiger partial charge on any atom is -0.492 e. The van der Waals surface area contributed by atoms with Crippen molar-refractivity contribution in [3.63, 3.8) is 0 Å². The maximum Gasteiger partial charge on any atom is 0.236 e. The van der Waals surface area contributed by atoms with Gasteiger partial charge in [-0.25, -0.2) is 0 Å². The lowest BCUT2D eigenvalue weighted by Crippen LogP contribution is -2.51. The topological polar surface area (TPSA) is 48.9 Å². The number of nitrogens with zero attached hydrogens (tertiary/aromatic N) is 4. The lowest BCUT2D eigenvalue weighted by Gasteiger charge is -2.37. The molecular weight excluding hydrogens is 340 g/mol. The molecular formula is C21H26N4O2. The van der Waals surface area contributed by atoms with Crippen LogP contribution < -0.4 is 9.64 Å². The van der Waals surface area contributed by atoms with Crippen LogP contribution in [0.15, 0.2) is 42.7 Å². The second-order valence-corrected chi connectivity index (χ2v) is 7.20. The van der Waals surface area contributed by atoms with Gasteiger partial charge in [0.05, 0.1) is 6.54 Å². The summed E-state index contributed by atoms with van der Waals surface area (Å²) in [4.78, 5) is 23.5. The molecule has 0 spiro atoms. The highest BCUT2D eigenvalue weighted by Gasteiger charge is 2.24. The Balaban J connectivity index is 1.33.